The molecule has 1 aromatic carbocycles. The molecule has 1 saturated carbocycles. The average molecular weight is 573 g/mol. The summed E-state index contributed by atoms with van der Waals surface area (Å²) < 4.78 is 66.6. The summed E-state index contributed by atoms with van der Waals surface area (Å²) >= 11 is 0. The number of carbonyl (C=O) groups is 1. The SMILES string of the molecule is CCc1c(Cc2ncc(-c3ccc(CC(=O)Nc4cc(C5(C(F)(F)F)CC5)on4)c(F)c3)cn2)cnn1CCOC. The van der Waals surface area contributed by atoms with Crippen molar-refractivity contribution in [1.82, 2.24) is 24.9 Å². The molecule has 9 nitrogen and oxygen atoms in total. The van der Waals surface area contributed by atoms with Crippen LogP contribution in [0.5, 0.6) is 0 Å². The minimum Gasteiger partial charge on any atom is -0.383 e. The largest absolute Gasteiger partial charge is 0.401 e. The number of hydrogen-bond donors (Lipinski definition) is 1. The number of amides is 1. The van der Waals surface area contributed by atoms with Crippen LogP contribution in [0.15, 0.2) is 47.4 Å². The maximum Gasteiger partial charge on any atom is 0.401 e. The number of benzene rings is 1. The first kappa shape index (κ1) is 28.4. The normalized spacial score (nSPS) is 14.3. The lowest BCUT2D eigenvalue weighted by Gasteiger charge is -2.14. The molecule has 0 saturated heterocycles. The van der Waals surface area contributed by atoms with Gasteiger partial charge in [0.1, 0.15) is 17.1 Å². The highest BCUT2D eigenvalue weighted by Crippen LogP contribution is 2.59. The Kier molecular flexibility index (Phi) is 7.89. The van der Waals surface area contributed by atoms with Crippen molar-refractivity contribution in [1.29, 1.82) is 0 Å². The second-order valence-electron chi connectivity index (χ2n) is 9.94. The third-order valence-corrected chi connectivity index (χ3v) is 7.21. The molecule has 216 valence electrons. The fraction of sp³-hybridized carbons (Fsp3) is 0.393. The zero-order valence-corrected chi connectivity index (χ0v) is 22.5. The van der Waals surface area contributed by atoms with E-state index in [2.05, 4.69) is 32.5 Å². The summed E-state index contributed by atoms with van der Waals surface area (Å²) in [5.41, 5.74) is 1.32. The van der Waals surface area contributed by atoms with Gasteiger partial charge in [-0.25, -0.2) is 14.4 Å². The van der Waals surface area contributed by atoms with Crippen LogP contribution >= 0.6 is 0 Å². The monoisotopic (exact) mass is 572 g/mol. The zero-order chi connectivity index (χ0) is 29.2. The summed E-state index contributed by atoms with van der Waals surface area (Å²) in [6, 6.07) is 5.47. The van der Waals surface area contributed by atoms with Crippen LogP contribution in [0.1, 0.15) is 48.2 Å². The number of carbonyl (C=O) groups excluding carboxylic acids is 1. The van der Waals surface area contributed by atoms with Gasteiger partial charge in [-0.3, -0.25) is 9.48 Å². The Morgan fingerprint density at radius 3 is 2.51 bits per heavy atom. The van der Waals surface area contributed by atoms with Gasteiger partial charge >= 0.3 is 6.18 Å². The third kappa shape index (κ3) is 5.99. The molecule has 1 N–H and O–H groups in total. The van der Waals surface area contributed by atoms with Crippen molar-refractivity contribution in [2.75, 3.05) is 19.0 Å². The molecule has 3 aromatic heterocycles. The predicted molar refractivity (Wildman–Crippen MR) is 140 cm³/mol. The molecule has 1 amide bonds. The minimum atomic E-state index is -4.46. The molecule has 0 aliphatic heterocycles. The van der Waals surface area contributed by atoms with Gasteiger partial charge in [0.15, 0.2) is 11.6 Å². The summed E-state index contributed by atoms with van der Waals surface area (Å²) in [7, 11) is 1.65. The molecule has 13 heteroatoms. The topological polar surface area (TPSA) is 108 Å². The lowest BCUT2D eigenvalue weighted by molar-refractivity contribution is -0.165. The van der Waals surface area contributed by atoms with Crippen LogP contribution in [0.25, 0.3) is 11.1 Å². The van der Waals surface area contributed by atoms with Crippen LogP contribution in [0, 0.1) is 5.82 Å². The molecule has 0 unspecified atom stereocenters. The Bertz CT molecular complexity index is 1530. The van der Waals surface area contributed by atoms with E-state index in [1.165, 1.54) is 12.1 Å². The molecule has 1 aliphatic carbocycles. The van der Waals surface area contributed by atoms with E-state index in [1.54, 1.807) is 25.6 Å². The van der Waals surface area contributed by atoms with Crippen LogP contribution in [0.2, 0.25) is 0 Å². The van der Waals surface area contributed by atoms with Gasteiger partial charge in [0.05, 0.1) is 25.8 Å². The van der Waals surface area contributed by atoms with Crippen molar-refractivity contribution >= 4 is 11.7 Å². The molecule has 5 rings (SSSR count). The molecule has 41 heavy (non-hydrogen) atoms. The number of hydrogen-bond acceptors (Lipinski definition) is 7. The maximum atomic E-state index is 14.9. The second kappa shape index (κ2) is 11.4. The maximum absolute atomic E-state index is 14.9. The lowest BCUT2D eigenvalue weighted by atomic mass is 10.0. The van der Waals surface area contributed by atoms with E-state index in [-0.39, 0.29) is 36.4 Å². The second-order valence-corrected chi connectivity index (χ2v) is 9.94. The van der Waals surface area contributed by atoms with E-state index in [0.29, 0.717) is 36.5 Å². The van der Waals surface area contributed by atoms with Gasteiger partial charge in [-0.2, -0.15) is 18.3 Å². The van der Waals surface area contributed by atoms with Crippen molar-refractivity contribution in [2.24, 2.45) is 0 Å². The number of alkyl halides is 3. The van der Waals surface area contributed by atoms with E-state index in [4.69, 9.17) is 9.26 Å². The predicted octanol–water partition coefficient (Wildman–Crippen LogP) is 5.04. The Morgan fingerprint density at radius 1 is 1.12 bits per heavy atom. The first-order valence-electron chi connectivity index (χ1n) is 13.1. The summed E-state index contributed by atoms with van der Waals surface area (Å²) in [5.74, 6) is -1.15. The fourth-order valence-corrected chi connectivity index (χ4v) is 4.73. The third-order valence-electron chi connectivity index (χ3n) is 7.21. The smallest absolute Gasteiger partial charge is 0.383 e. The Balaban J connectivity index is 1.20. The van der Waals surface area contributed by atoms with E-state index < -0.39 is 23.3 Å². The van der Waals surface area contributed by atoms with Gasteiger partial charge in [0, 0.05) is 48.8 Å². The summed E-state index contributed by atoms with van der Waals surface area (Å²) in [5, 5.41) is 10.3. The molecule has 3 heterocycles. The van der Waals surface area contributed by atoms with Gasteiger partial charge < -0.3 is 14.6 Å². The van der Waals surface area contributed by atoms with Crippen molar-refractivity contribution in [2.45, 2.75) is 57.2 Å². The van der Waals surface area contributed by atoms with Crippen LogP contribution in [-0.4, -0.2) is 50.7 Å². The number of methoxy groups -OCH3 is 1. The molecule has 0 spiro atoms. The summed E-state index contributed by atoms with van der Waals surface area (Å²) in [6.07, 6.45) is 1.35. The van der Waals surface area contributed by atoms with Crippen LogP contribution in [-0.2, 0) is 40.8 Å². The van der Waals surface area contributed by atoms with Gasteiger partial charge in [0.25, 0.3) is 0 Å². The number of nitrogens with one attached hydrogen (secondary N) is 1. The van der Waals surface area contributed by atoms with E-state index in [1.807, 2.05) is 10.9 Å². The number of aromatic nitrogens is 5. The molecular formula is C28H28F4N6O3. The lowest BCUT2D eigenvalue weighted by Crippen LogP contribution is -2.28. The number of rotatable bonds is 11. The highest BCUT2D eigenvalue weighted by Gasteiger charge is 2.66. The molecule has 1 fully saturated rings. The van der Waals surface area contributed by atoms with Crippen molar-refractivity contribution in [3.8, 4) is 11.1 Å². The van der Waals surface area contributed by atoms with Gasteiger partial charge in [-0.05, 0) is 36.5 Å². The molecule has 1 aliphatic rings. The van der Waals surface area contributed by atoms with E-state index in [0.717, 1.165) is 23.7 Å². The fourth-order valence-electron chi connectivity index (χ4n) is 4.73. The molecule has 0 atom stereocenters. The number of halogens is 4. The van der Waals surface area contributed by atoms with Gasteiger partial charge in [-0.15, -0.1) is 0 Å². The highest BCUT2D eigenvalue weighted by atomic mass is 19.4. The average Bonchev–Trinajstić information content (AvgIpc) is 3.50. The van der Waals surface area contributed by atoms with Crippen molar-refractivity contribution in [3.63, 3.8) is 0 Å². The van der Waals surface area contributed by atoms with Gasteiger partial charge in [0.2, 0.25) is 5.91 Å². The molecule has 0 bridgehead atoms. The van der Waals surface area contributed by atoms with Crippen LogP contribution in [0.4, 0.5) is 23.4 Å². The summed E-state index contributed by atoms with van der Waals surface area (Å²) in [4.78, 5) is 21.3. The highest BCUT2D eigenvalue weighted by molar-refractivity contribution is 5.91. The first-order valence-corrected chi connectivity index (χ1v) is 13.1. The van der Waals surface area contributed by atoms with Crippen LogP contribution < -0.4 is 5.32 Å². The zero-order valence-electron chi connectivity index (χ0n) is 22.5. The molecular weight excluding hydrogens is 544 g/mol. The van der Waals surface area contributed by atoms with Crippen molar-refractivity contribution < 1.29 is 31.6 Å². The Morgan fingerprint density at radius 2 is 1.88 bits per heavy atom. The molecule has 0 radical (unpaired) electrons. The quantitative estimate of drug-likeness (QED) is 0.251. The minimum absolute atomic E-state index is 0.0921. The number of nitrogens with zero attached hydrogens (tertiary/aromatic N) is 5. The van der Waals surface area contributed by atoms with Crippen LogP contribution in [0.3, 0.4) is 0 Å². The van der Waals surface area contributed by atoms with Crippen molar-refractivity contribution in [3.05, 3.63) is 77.1 Å². The summed E-state index contributed by atoms with van der Waals surface area (Å²) in [6.45, 7) is 3.28. The molecule has 4 aromatic rings. The number of ether oxygens (including phenoxy) is 1. The first-order chi connectivity index (χ1) is 19.6. The number of anilines is 1. The Hall–Kier alpha value is -4.13. The standard InChI is InChI=1S/C28H28F4N6O3/c1-3-22-19(16-35-38(22)8-9-40-2)11-24-33-14-20(15-34-24)17-4-5-18(21(29)10-17)12-26(39)36-25-13-23(41-37-25)27(6-7-27)28(30,31)32/h4-5,10,13-16H,3,6-9,11-12H2,1-2H3,(H,36,37,39). The van der Waals surface area contributed by atoms with E-state index in [9.17, 15) is 22.4 Å². The Labute approximate surface area is 232 Å². The van der Waals surface area contributed by atoms with E-state index >= 15 is 0 Å². The van der Waals surface area contributed by atoms with Gasteiger partial charge in [-0.1, -0.05) is 24.2 Å².